The Labute approximate surface area is 137 Å². The molecule has 6 heteroatoms. The number of hydrogen-bond acceptors (Lipinski definition) is 3. The van der Waals surface area contributed by atoms with Gasteiger partial charge in [0, 0.05) is 22.9 Å². The van der Waals surface area contributed by atoms with E-state index >= 15 is 0 Å². The average Bonchev–Trinajstić information content (AvgIpc) is 2.85. The number of imide groups is 1. The zero-order valence-electron chi connectivity index (χ0n) is 12.7. The third kappa shape index (κ3) is 1.91. The Morgan fingerprint density at radius 1 is 1.21 bits per heavy atom. The molecule has 2 aliphatic rings. The lowest BCUT2D eigenvalue weighted by atomic mass is 10.0. The molecular formula is C18H13N3O3. The van der Waals surface area contributed by atoms with Crippen LogP contribution in [0.1, 0.15) is 28.8 Å². The van der Waals surface area contributed by atoms with Crippen molar-refractivity contribution in [3.8, 4) is 0 Å². The van der Waals surface area contributed by atoms with Gasteiger partial charge in [0.2, 0.25) is 18.4 Å². The van der Waals surface area contributed by atoms with Crippen LogP contribution in [0.15, 0.2) is 30.3 Å². The van der Waals surface area contributed by atoms with Gasteiger partial charge in [-0.15, -0.1) is 0 Å². The predicted molar refractivity (Wildman–Crippen MR) is 87.2 cm³/mol. The third-order valence-electron chi connectivity index (χ3n) is 4.59. The molecule has 1 fully saturated rings. The molecule has 2 heterocycles. The molecule has 118 valence electrons. The van der Waals surface area contributed by atoms with Crippen molar-refractivity contribution < 1.29 is 14.4 Å². The zero-order valence-corrected chi connectivity index (χ0v) is 12.7. The highest BCUT2D eigenvalue weighted by molar-refractivity contribution is 6.27. The van der Waals surface area contributed by atoms with Crippen LogP contribution in [0.2, 0.25) is 0 Å². The number of nitrogens with zero attached hydrogens (tertiary/aromatic N) is 2. The molecule has 1 atom stereocenters. The van der Waals surface area contributed by atoms with Crippen LogP contribution in [-0.4, -0.2) is 23.8 Å². The Morgan fingerprint density at radius 2 is 2.04 bits per heavy atom. The van der Waals surface area contributed by atoms with Crippen LogP contribution in [-0.2, 0) is 16.1 Å². The maximum absolute atomic E-state index is 12.9. The van der Waals surface area contributed by atoms with E-state index in [1.807, 2.05) is 12.1 Å². The summed E-state index contributed by atoms with van der Waals surface area (Å²) in [4.78, 5) is 41.4. The Balaban J connectivity index is 1.87. The summed E-state index contributed by atoms with van der Waals surface area (Å²) in [6.07, 6.45) is 0.533. The van der Waals surface area contributed by atoms with E-state index in [1.165, 1.54) is 4.90 Å². The molecule has 0 aromatic heterocycles. The summed E-state index contributed by atoms with van der Waals surface area (Å²) in [5.41, 5.74) is 2.08. The van der Waals surface area contributed by atoms with Gasteiger partial charge in [-0.05, 0) is 30.0 Å². The predicted octanol–water partition coefficient (Wildman–Crippen LogP) is 2.02. The lowest BCUT2D eigenvalue weighted by Gasteiger charge is -2.30. The van der Waals surface area contributed by atoms with Crippen LogP contribution in [0.25, 0.3) is 15.6 Å². The molecule has 2 aliphatic heterocycles. The van der Waals surface area contributed by atoms with Gasteiger partial charge >= 0.3 is 0 Å². The maximum Gasteiger partial charge on any atom is 0.259 e. The molecule has 1 N–H and O–H groups in total. The van der Waals surface area contributed by atoms with E-state index in [9.17, 15) is 14.4 Å². The van der Waals surface area contributed by atoms with Crippen molar-refractivity contribution in [3.63, 3.8) is 0 Å². The summed E-state index contributed by atoms with van der Waals surface area (Å²) >= 11 is 0. The first kappa shape index (κ1) is 14.4. The van der Waals surface area contributed by atoms with Gasteiger partial charge in [0.15, 0.2) is 0 Å². The second-order valence-corrected chi connectivity index (χ2v) is 5.93. The number of rotatable bonds is 2. The van der Waals surface area contributed by atoms with E-state index < -0.39 is 11.9 Å². The fraction of sp³-hybridized carbons (Fsp3) is 0.222. The SMILES string of the molecule is [C-]#[N+]Cc1ccc2c3c(cccc13)C(=O)N2C1CCC(=O)NC1=O. The molecule has 2 aromatic rings. The summed E-state index contributed by atoms with van der Waals surface area (Å²) in [7, 11) is 0. The van der Waals surface area contributed by atoms with Gasteiger partial charge < -0.3 is 4.85 Å². The van der Waals surface area contributed by atoms with Gasteiger partial charge in [-0.1, -0.05) is 12.1 Å². The van der Waals surface area contributed by atoms with E-state index in [2.05, 4.69) is 10.2 Å². The van der Waals surface area contributed by atoms with E-state index in [-0.39, 0.29) is 24.8 Å². The smallest absolute Gasteiger partial charge is 0.259 e. The summed E-state index contributed by atoms with van der Waals surface area (Å²) in [6.45, 7) is 7.33. The molecule has 6 nitrogen and oxygen atoms in total. The number of carbonyl (C=O) groups excluding carboxylic acids is 3. The summed E-state index contributed by atoms with van der Waals surface area (Å²) in [5, 5.41) is 3.96. The number of hydrogen-bond donors (Lipinski definition) is 1. The standard InChI is InChI=1S/C18H13N3O3/c1-19-9-10-5-6-13-16-11(10)3-2-4-12(16)18(24)21(13)14-7-8-15(22)20-17(14)23/h2-6,14H,7-9H2,(H,20,22,23). The van der Waals surface area contributed by atoms with Crippen molar-refractivity contribution in [2.75, 3.05) is 4.90 Å². The van der Waals surface area contributed by atoms with Crippen LogP contribution < -0.4 is 10.2 Å². The first-order valence-electron chi connectivity index (χ1n) is 7.67. The van der Waals surface area contributed by atoms with Crippen LogP contribution in [0, 0.1) is 6.57 Å². The second-order valence-electron chi connectivity index (χ2n) is 5.93. The van der Waals surface area contributed by atoms with Crippen LogP contribution in [0.5, 0.6) is 0 Å². The molecule has 2 aromatic carbocycles. The minimum absolute atomic E-state index is 0.218. The average molecular weight is 319 g/mol. The number of anilines is 1. The fourth-order valence-corrected chi connectivity index (χ4v) is 3.53. The molecule has 0 radical (unpaired) electrons. The molecule has 24 heavy (non-hydrogen) atoms. The van der Waals surface area contributed by atoms with Crippen LogP contribution in [0.4, 0.5) is 5.69 Å². The minimum Gasteiger partial charge on any atom is -0.312 e. The van der Waals surface area contributed by atoms with Crippen molar-refractivity contribution in [3.05, 3.63) is 52.9 Å². The van der Waals surface area contributed by atoms with E-state index in [1.54, 1.807) is 18.2 Å². The molecular weight excluding hydrogens is 306 g/mol. The Morgan fingerprint density at radius 3 is 2.79 bits per heavy atom. The largest absolute Gasteiger partial charge is 0.312 e. The minimum atomic E-state index is -0.683. The normalized spacial score (nSPS) is 19.5. The first-order valence-corrected chi connectivity index (χ1v) is 7.67. The number of piperidine rings is 1. The highest BCUT2D eigenvalue weighted by atomic mass is 16.2. The zero-order chi connectivity index (χ0) is 16.8. The maximum atomic E-state index is 12.9. The molecule has 0 spiro atoms. The Hall–Kier alpha value is -3.20. The monoisotopic (exact) mass is 319 g/mol. The van der Waals surface area contributed by atoms with E-state index in [4.69, 9.17) is 6.57 Å². The third-order valence-corrected chi connectivity index (χ3v) is 4.59. The Kier molecular flexibility index (Phi) is 3.10. The van der Waals surface area contributed by atoms with Crippen molar-refractivity contribution in [2.24, 2.45) is 0 Å². The van der Waals surface area contributed by atoms with Crippen LogP contribution >= 0.6 is 0 Å². The van der Waals surface area contributed by atoms with Crippen molar-refractivity contribution >= 4 is 34.2 Å². The summed E-state index contributed by atoms with van der Waals surface area (Å²) in [6, 6.07) is 8.36. The fourth-order valence-electron chi connectivity index (χ4n) is 3.53. The lowest BCUT2D eigenvalue weighted by molar-refractivity contribution is -0.134. The van der Waals surface area contributed by atoms with Crippen LogP contribution in [0.3, 0.4) is 0 Å². The van der Waals surface area contributed by atoms with Gasteiger partial charge in [-0.25, -0.2) is 6.57 Å². The second kappa shape index (κ2) is 5.17. The number of benzene rings is 2. The van der Waals surface area contributed by atoms with E-state index in [0.717, 1.165) is 16.3 Å². The quantitative estimate of drug-likeness (QED) is 0.680. The molecule has 1 unspecified atom stereocenters. The highest BCUT2D eigenvalue weighted by Crippen LogP contribution is 2.41. The summed E-state index contributed by atoms with van der Waals surface area (Å²) in [5.74, 6) is -0.978. The molecule has 0 saturated carbocycles. The number of amides is 3. The van der Waals surface area contributed by atoms with Crippen molar-refractivity contribution in [1.82, 2.24) is 5.32 Å². The van der Waals surface area contributed by atoms with Gasteiger partial charge in [0.25, 0.3) is 5.91 Å². The topological polar surface area (TPSA) is 70.8 Å². The van der Waals surface area contributed by atoms with Gasteiger partial charge in [-0.2, -0.15) is 0 Å². The molecule has 0 aliphatic carbocycles. The van der Waals surface area contributed by atoms with Gasteiger partial charge in [0.05, 0.1) is 5.69 Å². The lowest BCUT2D eigenvalue weighted by Crippen LogP contribution is -2.53. The molecule has 3 amide bonds. The number of carbonyl (C=O) groups is 3. The first-order chi connectivity index (χ1) is 11.6. The molecule has 4 rings (SSSR count). The molecule has 1 saturated heterocycles. The molecule has 0 bridgehead atoms. The van der Waals surface area contributed by atoms with Gasteiger partial charge in [-0.3, -0.25) is 24.6 Å². The number of nitrogens with one attached hydrogen (secondary N) is 1. The van der Waals surface area contributed by atoms with Crippen molar-refractivity contribution in [2.45, 2.75) is 25.4 Å². The summed E-state index contributed by atoms with van der Waals surface area (Å²) < 4.78 is 0. The Bertz CT molecular complexity index is 958. The van der Waals surface area contributed by atoms with E-state index in [0.29, 0.717) is 17.7 Å². The van der Waals surface area contributed by atoms with Crippen molar-refractivity contribution in [1.29, 1.82) is 0 Å². The highest BCUT2D eigenvalue weighted by Gasteiger charge is 2.40. The van der Waals surface area contributed by atoms with Gasteiger partial charge in [0.1, 0.15) is 6.04 Å².